The Balaban J connectivity index is 2.09. The summed E-state index contributed by atoms with van der Waals surface area (Å²) in [6.07, 6.45) is -0.934. The molecule has 2 rings (SSSR count). The number of hydrogen-bond donors (Lipinski definition) is 2. The fourth-order valence-electron chi connectivity index (χ4n) is 2.37. The molecule has 0 saturated heterocycles. The Hall–Kier alpha value is -2.82. The molecule has 126 valence electrons. The minimum atomic E-state index is -0.934. The van der Waals surface area contributed by atoms with Crippen LogP contribution in [0.3, 0.4) is 0 Å². The number of rotatable bonds is 4. The Morgan fingerprint density at radius 3 is 2.17 bits per heavy atom. The van der Waals surface area contributed by atoms with E-state index in [-0.39, 0.29) is 11.5 Å². The van der Waals surface area contributed by atoms with Crippen LogP contribution in [0.5, 0.6) is 0 Å². The van der Waals surface area contributed by atoms with Crippen LogP contribution >= 0.6 is 0 Å². The molecule has 0 spiro atoms. The molecule has 5 heteroatoms. The molecule has 0 aliphatic rings. The zero-order chi connectivity index (χ0) is 17.9. The van der Waals surface area contributed by atoms with Crippen molar-refractivity contribution in [1.29, 1.82) is 0 Å². The molecule has 0 fully saturated rings. The summed E-state index contributed by atoms with van der Waals surface area (Å²) in [6, 6.07) is 10.9. The van der Waals surface area contributed by atoms with Gasteiger partial charge in [-0.15, -0.1) is 0 Å². The fourth-order valence-corrected chi connectivity index (χ4v) is 2.37. The Bertz CT molecular complexity index is 764. The highest BCUT2D eigenvalue weighted by molar-refractivity contribution is 6.00. The highest BCUT2D eigenvalue weighted by Crippen LogP contribution is 2.21. The number of carbonyl (C=O) groups excluding carboxylic acids is 2. The molecule has 0 bridgehead atoms. The Morgan fingerprint density at radius 1 is 1.00 bits per heavy atom. The molecular weight excluding hydrogens is 304 g/mol. The summed E-state index contributed by atoms with van der Waals surface area (Å²) in [5.41, 5.74) is 9.95. The average molecular weight is 326 g/mol. The number of benzene rings is 2. The Kier molecular flexibility index (Phi) is 5.24. The zero-order valence-electron chi connectivity index (χ0n) is 14.3. The summed E-state index contributed by atoms with van der Waals surface area (Å²) >= 11 is 0. The topological polar surface area (TPSA) is 81.4 Å². The van der Waals surface area contributed by atoms with Gasteiger partial charge in [0.1, 0.15) is 0 Å². The number of nitrogens with two attached hydrogens (primary N) is 1. The van der Waals surface area contributed by atoms with Crippen molar-refractivity contribution in [3.05, 3.63) is 58.7 Å². The molecule has 0 saturated carbocycles. The number of nitrogen functional groups attached to an aromatic ring is 1. The van der Waals surface area contributed by atoms with Gasteiger partial charge in [-0.05, 0) is 50.5 Å². The molecule has 5 nitrogen and oxygen atoms in total. The minimum absolute atomic E-state index is 0.265. The third-order valence-electron chi connectivity index (χ3n) is 3.93. The second-order valence-corrected chi connectivity index (χ2v) is 5.84. The highest BCUT2D eigenvalue weighted by atomic mass is 16.5. The summed E-state index contributed by atoms with van der Waals surface area (Å²) < 4.78 is 5.26. The maximum atomic E-state index is 12.3. The largest absolute Gasteiger partial charge is 0.449 e. The lowest BCUT2D eigenvalue weighted by Crippen LogP contribution is -2.30. The fraction of sp³-hybridized carbons (Fsp3) is 0.263. The van der Waals surface area contributed by atoms with Crippen LogP contribution in [0.1, 0.15) is 34.0 Å². The first-order chi connectivity index (χ1) is 11.3. The van der Waals surface area contributed by atoms with Crippen LogP contribution in [0.4, 0.5) is 11.4 Å². The predicted octanol–water partition coefficient (Wildman–Crippen LogP) is 3.38. The summed E-state index contributed by atoms with van der Waals surface area (Å²) in [4.78, 5) is 24.6. The maximum absolute atomic E-state index is 12.3. The van der Waals surface area contributed by atoms with Gasteiger partial charge in [0.2, 0.25) is 0 Å². The second kappa shape index (κ2) is 7.17. The number of esters is 1. The average Bonchev–Trinajstić information content (AvgIpc) is 2.53. The van der Waals surface area contributed by atoms with Crippen LogP contribution in [-0.2, 0) is 9.53 Å². The van der Waals surface area contributed by atoms with Crippen LogP contribution < -0.4 is 11.1 Å². The number of amides is 1. The molecule has 0 heterocycles. The summed E-state index contributed by atoms with van der Waals surface area (Å²) in [5.74, 6) is -0.993. The summed E-state index contributed by atoms with van der Waals surface area (Å²) in [6.45, 7) is 7.16. The van der Waals surface area contributed by atoms with E-state index in [1.807, 2.05) is 45.0 Å². The van der Waals surface area contributed by atoms with Gasteiger partial charge in [-0.25, -0.2) is 4.79 Å². The van der Waals surface area contributed by atoms with Gasteiger partial charge in [0.25, 0.3) is 5.91 Å². The van der Waals surface area contributed by atoms with E-state index in [0.29, 0.717) is 5.69 Å². The van der Waals surface area contributed by atoms with Crippen molar-refractivity contribution in [3.8, 4) is 0 Å². The van der Waals surface area contributed by atoms with E-state index in [0.717, 1.165) is 22.4 Å². The van der Waals surface area contributed by atoms with Gasteiger partial charge in [0, 0.05) is 11.4 Å². The summed E-state index contributed by atoms with van der Waals surface area (Å²) in [5, 5.41) is 2.81. The molecule has 0 radical (unpaired) electrons. The molecule has 0 aliphatic carbocycles. The normalized spacial score (nSPS) is 11.7. The van der Waals surface area contributed by atoms with Gasteiger partial charge in [-0.1, -0.05) is 30.3 Å². The molecule has 1 amide bonds. The lowest BCUT2D eigenvalue weighted by atomic mass is 10.1. The van der Waals surface area contributed by atoms with Crippen molar-refractivity contribution < 1.29 is 14.3 Å². The van der Waals surface area contributed by atoms with Gasteiger partial charge >= 0.3 is 5.97 Å². The van der Waals surface area contributed by atoms with Gasteiger partial charge in [0.05, 0.1) is 5.56 Å². The smallest absolute Gasteiger partial charge is 0.341 e. The van der Waals surface area contributed by atoms with Crippen LogP contribution in [0.2, 0.25) is 0 Å². The van der Waals surface area contributed by atoms with E-state index < -0.39 is 12.1 Å². The van der Waals surface area contributed by atoms with Gasteiger partial charge < -0.3 is 15.8 Å². The van der Waals surface area contributed by atoms with E-state index in [9.17, 15) is 9.59 Å². The zero-order valence-corrected chi connectivity index (χ0v) is 14.3. The van der Waals surface area contributed by atoms with Crippen LogP contribution in [0.15, 0.2) is 36.4 Å². The SMILES string of the molecule is Cc1cccc(C(=O)OC(C)C(=O)Nc2c(C)cccc2C)c1N. The van der Waals surface area contributed by atoms with E-state index in [2.05, 4.69) is 5.32 Å². The van der Waals surface area contributed by atoms with Crippen molar-refractivity contribution in [2.45, 2.75) is 33.8 Å². The Morgan fingerprint density at radius 2 is 1.54 bits per heavy atom. The Labute approximate surface area is 141 Å². The molecule has 3 N–H and O–H groups in total. The molecule has 24 heavy (non-hydrogen) atoms. The standard InChI is InChI=1S/C19H22N2O3/c1-11-7-6-10-15(16(11)20)19(23)24-14(4)18(22)21-17-12(2)8-5-9-13(17)3/h5-10,14H,20H2,1-4H3,(H,21,22). The lowest BCUT2D eigenvalue weighted by Gasteiger charge is -2.17. The molecule has 0 aromatic heterocycles. The number of hydrogen-bond acceptors (Lipinski definition) is 4. The quantitative estimate of drug-likeness (QED) is 0.666. The van der Waals surface area contributed by atoms with Gasteiger partial charge in [-0.3, -0.25) is 4.79 Å². The van der Waals surface area contributed by atoms with Crippen LogP contribution in [0, 0.1) is 20.8 Å². The minimum Gasteiger partial charge on any atom is -0.449 e. The maximum Gasteiger partial charge on any atom is 0.341 e. The van der Waals surface area contributed by atoms with Crippen molar-refractivity contribution in [1.82, 2.24) is 0 Å². The third-order valence-corrected chi connectivity index (χ3v) is 3.93. The molecular formula is C19H22N2O3. The highest BCUT2D eigenvalue weighted by Gasteiger charge is 2.21. The first-order valence-corrected chi connectivity index (χ1v) is 7.74. The number of aryl methyl sites for hydroxylation is 3. The van der Waals surface area contributed by atoms with Crippen molar-refractivity contribution >= 4 is 23.3 Å². The number of para-hydroxylation sites is 2. The first-order valence-electron chi connectivity index (χ1n) is 7.74. The van der Waals surface area contributed by atoms with Crippen LogP contribution in [0.25, 0.3) is 0 Å². The lowest BCUT2D eigenvalue weighted by molar-refractivity contribution is -0.123. The van der Waals surface area contributed by atoms with E-state index in [1.54, 1.807) is 12.1 Å². The second-order valence-electron chi connectivity index (χ2n) is 5.84. The molecule has 1 atom stereocenters. The van der Waals surface area contributed by atoms with E-state index in [4.69, 9.17) is 10.5 Å². The van der Waals surface area contributed by atoms with Gasteiger partial charge in [-0.2, -0.15) is 0 Å². The third kappa shape index (κ3) is 3.74. The van der Waals surface area contributed by atoms with E-state index in [1.165, 1.54) is 6.92 Å². The van der Waals surface area contributed by atoms with Crippen molar-refractivity contribution in [2.75, 3.05) is 11.1 Å². The van der Waals surface area contributed by atoms with Crippen LogP contribution in [-0.4, -0.2) is 18.0 Å². The number of ether oxygens (including phenoxy) is 1. The van der Waals surface area contributed by atoms with E-state index >= 15 is 0 Å². The predicted molar refractivity (Wildman–Crippen MR) is 95.0 cm³/mol. The van der Waals surface area contributed by atoms with Crippen molar-refractivity contribution in [2.24, 2.45) is 0 Å². The number of carbonyl (C=O) groups is 2. The summed E-state index contributed by atoms with van der Waals surface area (Å²) in [7, 11) is 0. The first kappa shape index (κ1) is 17.5. The molecule has 2 aromatic rings. The molecule has 2 aromatic carbocycles. The molecule has 1 unspecified atom stereocenters. The van der Waals surface area contributed by atoms with Gasteiger partial charge in [0.15, 0.2) is 6.10 Å². The number of nitrogens with one attached hydrogen (secondary N) is 1. The van der Waals surface area contributed by atoms with Crippen molar-refractivity contribution in [3.63, 3.8) is 0 Å². The molecule has 0 aliphatic heterocycles. The monoisotopic (exact) mass is 326 g/mol. The number of anilines is 2.